The van der Waals surface area contributed by atoms with Gasteiger partial charge in [-0.15, -0.1) is 0 Å². The fourth-order valence-electron chi connectivity index (χ4n) is 2.69. The van der Waals surface area contributed by atoms with Crippen LogP contribution in [0.2, 0.25) is 0 Å². The first-order valence-electron chi connectivity index (χ1n) is 7.23. The van der Waals surface area contributed by atoms with Crippen molar-refractivity contribution in [3.63, 3.8) is 0 Å². The van der Waals surface area contributed by atoms with E-state index in [0.29, 0.717) is 12.5 Å². The van der Waals surface area contributed by atoms with Crippen LogP contribution in [0.3, 0.4) is 0 Å². The lowest BCUT2D eigenvalue weighted by molar-refractivity contribution is -0.132. The number of methoxy groups -OCH3 is 1. The zero-order valence-electron chi connectivity index (χ0n) is 12.0. The number of nitrogens with zero attached hydrogens (tertiary/aromatic N) is 1. The second kappa shape index (κ2) is 7.67. The molecule has 0 radical (unpaired) electrons. The number of halogens is 1. The molecule has 2 rings (SSSR count). The van der Waals surface area contributed by atoms with Crippen LogP contribution in [0.1, 0.15) is 31.2 Å². The normalized spacial score (nSPS) is 19.5. The van der Waals surface area contributed by atoms with E-state index in [2.05, 4.69) is 20.8 Å². The number of amides is 1. The molecule has 0 saturated carbocycles. The van der Waals surface area contributed by atoms with E-state index >= 15 is 0 Å². The molecule has 0 N–H and O–H groups in total. The van der Waals surface area contributed by atoms with E-state index in [9.17, 15) is 4.79 Å². The molecule has 0 bridgehead atoms. The molecule has 1 fully saturated rings. The van der Waals surface area contributed by atoms with Gasteiger partial charge in [0.25, 0.3) is 0 Å². The van der Waals surface area contributed by atoms with Crippen molar-refractivity contribution in [3.05, 3.63) is 29.8 Å². The SMILES string of the molecule is COc1ccc(CC(=O)N2CCCCCC2CBr)cc1. The van der Waals surface area contributed by atoms with Gasteiger partial charge in [0.1, 0.15) is 5.75 Å². The summed E-state index contributed by atoms with van der Waals surface area (Å²) in [5, 5.41) is 0.876. The summed E-state index contributed by atoms with van der Waals surface area (Å²) < 4.78 is 5.14. The van der Waals surface area contributed by atoms with Crippen molar-refractivity contribution < 1.29 is 9.53 Å². The third kappa shape index (κ3) is 3.98. The maximum atomic E-state index is 12.5. The number of ether oxygens (including phenoxy) is 1. The number of likely N-dealkylation sites (tertiary alicyclic amines) is 1. The molecule has 3 nitrogen and oxygen atoms in total. The minimum absolute atomic E-state index is 0.238. The summed E-state index contributed by atoms with van der Waals surface area (Å²) in [6.45, 7) is 0.894. The second-order valence-corrected chi connectivity index (χ2v) is 5.92. The van der Waals surface area contributed by atoms with Crippen LogP contribution in [0, 0.1) is 0 Å². The van der Waals surface area contributed by atoms with E-state index in [4.69, 9.17) is 4.74 Å². The number of rotatable bonds is 4. The minimum atomic E-state index is 0.238. The molecule has 4 heteroatoms. The molecule has 1 aliphatic heterocycles. The Kier molecular flexibility index (Phi) is 5.89. The first-order valence-corrected chi connectivity index (χ1v) is 8.35. The van der Waals surface area contributed by atoms with Crippen molar-refractivity contribution in [2.24, 2.45) is 0 Å². The molecule has 1 atom stereocenters. The lowest BCUT2D eigenvalue weighted by atomic mass is 10.1. The van der Waals surface area contributed by atoms with Crippen LogP contribution in [0.4, 0.5) is 0 Å². The van der Waals surface area contributed by atoms with Crippen molar-refractivity contribution in [1.82, 2.24) is 4.90 Å². The Morgan fingerprint density at radius 1 is 1.30 bits per heavy atom. The Morgan fingerprint density at radius 3 is 2.70 bits per heavy atom. The highest BCUT2D eigenvalue weighted by Gasteiger charge is 2.24. The lowest BCUT2D eigenvalue weighted by Gasteiger charge is -2.29. The molecule has 20 heavy (non-hydrogen) atoms. The Bertz CT molecular complexity index is 433. The zero-order valence-corrected chi connectivity index (χ0v) is 13.6. The van der Waals surface area contributed by atoms with Crippen molar-refractivity contribution in [3.8, 4) is 5.75 Å². The van der Waals surface area contributed by atoms with Gasteiger partial charge in [-0.25, -0.2) is 0 Å². The van der Waals surface area contributed by atoms with Crippen molar-refractivity contribution in [2.75, 3.05) is 19.0 Å². The number of carbonyl (C=O) groups is 1. The van der Waals surface area contributed by atoms with Gasteiger partial charge in [-0.1, -0.05) is 40.9 Å². The van der Waals surface area contributed by atoms with Gasteiger partial charge in [0.15, 0.2) is 0 Å². The molecular formula is C16H22BrNO2. The molecule has 1 aromatic rings. The highest BCUT2D eigenvalue weighted by atomic mass is 79.9. The number of benzene rings is 1. The largest absolute Gasteiger partial charge is 0.497 e. The smallest absolute Gasteiger partial charge is 0.227 e. The summed E-state index contributed by atoms with van der Waals surface area (Å²) in [6, 6.07) is 8.11. The van der Waals surface area contributed by atoms with Gasteiger partial charge < -0.3 is 9.64 Å². The highest BCUT2D eigenvalue weighted by molar-refractivity contribution is 9.09. The standard InChI is InChI=1S/C16H22BrNO2/c1-20-15-8-6-13(7-9-15)11-16(19)18-10-4-2-3-5-14(18)12-17/h6-9,14H,2-5,10-12H2,1H3. The van der Waals surface area contributed by atoms with E-state index in [-0.39, 0.29) is 5.91 Å². The van der Waals surface area contributed by atoms with E-state index in [1.165, 1.54) is 12.8 Å². The topological polar surface area (TPSA) is 29.5 Å². The van der Waals surface area contributed by atoms with Crippen molar-refractivity contribution in [2.45, 2.75) is 38.1 Å². The van der Waals surface area contributed by atoms with Crippen LogP contribution in [-0.2, 0) is 11.2 Å². The molecular weight excluding hydrogens is 318 g/mol. The molecule has 0 spiro atoms. The molecule has 110 valence electrons. The predicted octanol–water partition coefficient (Wildman–Crippen LogP) is 3.40. The van der Waals surface area contributed by atoms with Crippen LogP contribution in [-0.4, -0.2) is 35.8 Å². The monoisotopic (exact) mass is 339 g/mol. The molecule has 1 unspecified atom stereocenters. The van der Waals surface area contributed by atoms with Gasteiger partial charge in [-0.3, -0.25) is 4.79 Å². The summed E-state index contributed by atoms with van der Waals surface area (Å²) in [5.41, 5.74) is 1.05. The summed E-state index contributed by atoms with van der Waals surface area (Å²) in [5.74, 6) is 1.07. The summed E-state index contributed by atoms with van der Waals surface area (Å²) in [7, 11) is 1.65. The van der Waals surface area contributed by atoms with E-state index in [1.54, 1.807) is 7.11 Å². The second-order valence-electron chi connectivity index (χ2n) is 5.27. The maximum Gasteiger partial charge on any atom is 0.227 e. The molecule has 1 heterocycles. The quantitative estimate of drug-likeness (QED) is 0.786. The van der Waals surface area contributed by atoms with Crippen LogP contribution < -0.4 is 4.74 Å². The summed E-state index contributed by atoms with van der Waals surface area (Å²) in [4.78, 5) is 14.6. The summed E-state index contributed by atoms with van der Waals surface area (Å²) in [6.07, 6.45) is 5.17. The Balaban J connectivity index is 2.01. The molecule has 1 saturated heterocycles. The number of hydrogen-bond donors (Lipinski definition) is 0. The van der Waals surface area contributed by atoms with Gasteiger partial charge in [0.05, 0.1) is 13.5 Å². The molecule has 0 aliphatic carbocycles. The van der Waals surface area contributed by atoms with Crippen LogP contribution in [0.25, 0.3) is 0 Å². The Morgan fingerprint density at radius 2 is 2.05 bits per heavy atom. The van der Waals surface area contributed by atoms with Gasteiger partial charge >= 0.3 is 0 Å². The van der Waals surface area contributed by atoms with Gasteiger partial charge in [-0.2, -0.15) is 0 Å². The van der Waals surface area contributed by atoms with Crippen molar-refractivity contribution in [1.29, 1.82) is 0 Å². The minimum Gasteiger partial charge on any atom is -0.497 e. The van der Waals surface area contributed by atoms with Gasteiger partial charge in [0, 0.05) is 17.9 Å². The fraction of sp³-hybridized carbons (Fsp3) is 0.562. The summed E-state index contributed by atoms with van der Waals surface area (Å²) >= 11 is 3.55. The first-order chi connectivity index (χ1) is 9.74. The maximum absolute atomic E-state index is 12.5. The third-order valence-electron chi connectivity index (χ3n) is 3.89. The molecule has 1 amide bonds. The van der Waals surface area contributed by atoms with Crippen LogP contribution >= 0.6 is 15.9 Å². The van der Waals surface area contributed by atoms with Gasteiger partial charge in [0.2, 0.25) is 5.91 Å². The highest BCUT2D eigenvalue weighted by Crippen LogP contribution is 2.20. The Hall–Kier alpha value is -1.03. The van der Waals surface area contributed by atoms with Crippen molar-refractivity contribution >= 4 is 21.8 Å². The van der Waals surface area contributed by atoms with Gasteiger partial charge in [-0.05, 0) is 30.5 Å². The number of carbonyl (C=O) groups excluding carboxylic acids is 1. The van der Waals surface area contributed by atoms with E-state index < -0.39 is 0 Å². The predicted molar refractivity (Wildman–Crippen MR) is 84.5 cm³/mol. The Labute approximate surface area is 129 Å². The molecule has 1 aliphatic rings. The zero-order chi connectivity index (χ0) is 14.4. The van der Waals surface area contributed by atoms with Crippen LogP contribution in [0.15, 0.2) is 24.3 Å². The van der Waals surface area contributed by atoms with E-state index in [0.717, 1.165) is 36.0 Å². The average molecular weight is 340 g/mol. The molecule has 1 aromatic carbocycles. The number of alkyl halides is 1. The first kappa shape index (κ1) is 15.4. The molecule has 0 aromatic heterocycles. The lowest BCUT2D eigenvalue weighted by Crippen LogP contribution is -2.41. The average Bonchev–Trinajstić information content (AvgIpc) is 2.73. The third-order valence-corrected chi connectivity index (χ3v) is 4.64. The van der Waals surface area contributed by atoms with E-state index in [1.807, 2.05) is 24.3 Å². The van der Waals surface area contributed by atoms with Crippen LogP contribution in [0.5, 0.6) is 5.75 Å². The fourth-order valence-corrected chi connectivity index (χ4v) is 3.36. The number of hydrogen-bond acceptors (Lipinski definition) is 2.